The molecule has 3 rings (SSSR count). The molecule has 1 unspecified atom stereocenters. The van der Waals surface area contributed by atoms with Crippen molar-refractivity contribution in [3.63, 3.8) is 0 Å². The molecule has 1 amide bonds. The fourth-order valence-electron chi connectivity index (χ4n) is 3.87. The Morgan fingerprint density at radius 1 is 1.19 bits per heavy atom. The smallest absolute Gasteiger partial charge is 0.225 e. The van der Waals surface area contributed by atoms with Crippen LogP contribution in [0.3, 0.4) is 0 Å². The number of aryl methyl sites for hydroxylation is 1. The zero-order valence-corrected chi connectivity index (χ0v) is 17.1. The fourth-order valence-corrected chi connectivity index (χ4v) is 5.09. The van der Waals surface area contributed by atoms with Crippen LogP contribution in [0.5, 0.6) is 0 Å². The van der Waals surface area contributed by atoms with Gasteiger partial charge in [0.1, 0.15) is 6.17 Å². The molecule has 2 aliphatic rings. The monoisotopic (exact) mass is 373 g/mol. The van der Waals surface area contributed by atoms with Crippen LogP contribution in [-0.4, -0.2) is 41.0 Å². The molecule has 26 heavy (non-hydrogen) atoms. The minimum absolute atomic E-state index is 0.0366. The van der Waals surface area contributed by atoms with Crippen LogP contribution in [0.25, 0.3) is 0 Å². The fraction of sp³-hybridized carbons (Fsp3) is 0.619. The van der Waals surface area contributed by atoms with Crippen LogP contribution >= 0.6 is 11.8 Å². The Hall–Kier alpha value is -1.49. The Morgan fingerprint density at radius 3 is 2.42 bits per heavy atom. The van der Waals surface area contributed by atoms with Gasteiger partial charge in [0, 0.05) is 25.4 Å². The van der Waals surface area contributed by atoms with E-state index in [9.17, 15) is 4.79 Å². The normalized spacial score (nSPS) is 23.3. The first-order valence-electron chi connectivity index (χ1n) is 9.92. The highest BCUT2D eigenvalue weighted by Gasteiger charge is 2.34. The van der Waals surface area contributed by atoms with Crippen molar-refractivity contribution in [3.05, 3.63) is 29.8 Å². The van der Waals surface area contributed by atoms with E-state index in [1.807, 2.05) is 4.90 Å². The van der Waals surface area contributed by atoms with Crippen molar-refractivity contribution in [2.45, 2.75) is 71.0 Å². The maximum Gasteiger partial charge on any atom is 0.225 e. The third-order valence-electron chi connectivity index (χ3n) is 5.49. The second kappa shape index (κ2) is 8.94. The molecule has 1 aromatic rings. The molecule has 1 atom stereocenters. The molecule has 1 aromatic carbocycles. The van der Waals surface area contributed by atoms with Crippen molar-refractivity contribution < 1.29 is 4.79 Å². The van der Waals surface area contributed by atoms with Gasteiger partial charge in [0.05, 0.1) is 6.04 Å². The van der Waals surface area contributed by atoms with Crippen molar-refractivity contribution in [2.24, 2.45) is 4.99 Å². The molecule has 0 aromatic heterocycles. The maximum absolute atomic E-state index is 12.4. The van der Waals surface area contributed by atoms with Crippen molar-refractivity contribution in [2.75, 3.05) is 17.7 Å². The molecule has 1 heterocycles. The number of carbonyl (C=O) groups is 1. The van der Waals surface area contributed by atoms with E-state index in [2.05, 4.69) is 43.1 Å². The number of rotatable bonds is 4. The van der Waals surface area contributed by atoms with E-state index >= 15 is 0 Å². The molecule has 0 spiro atoms. The summed E-state index contributed by atoms with van der Waals surface area (Å²) in [5.74, 6) is 0.958. The van der Waals surface area contributed by atoms with Crippen molar-refractivity contribution in [1.82, 2.24) is 4.90 Å². The molecular formula is C21H31N3OS. The molecule has 1 saturated heterocycles. The van der Waals surface area contributed by atoms with Crippen LogP contribution in [0.4, 0.5) is 5.69 Å². The van der Waals surface area contributed by atoms with E-state index in [1.165, 1.54) is 44.1 Å². The number of amidine groups is 1. The third-order valence-corrected chi connectivity index (χ3v) is 6.60. The standard InChI is InChI=1S/C21H31N3OS/c1-4-17-11-13-19(14-12-17)24(16(2)25)20-15-26-21(23(20)3)22-18-9-7-5-6-8-10-18/h11-14,18,20H,4-10,15H2,1-3H3. The summed E-state index contributed by atoms with van der Waals surface area (Å²) in [6, 6.07) is 8.83. The van der Waals surface area contributed by atoms with Crippen LogP contribution in [0, 0.1) is 0 Å². The van der Waals surface area contributed by atoms with Crippen LogP contribution in [0.1, 0.15) is 57.9 Å². The van der Waals surface area contributed by atoms with Crippen LogP contribution in [0.2, 0.25) is 0 Å². The van der Waals surface area contributed by atoms with E-state index in [1.54, 1.807) is 18.7 Å². The second-order valence-electron chi connectivity index (χ2n) is 7.37. The number of anilines is 1. The molecule has 0 radical (unpaired) electrons. The Morgan fingerprint density at radius 2 is 1.85 bits per heavy atom. The largest absolute Gasteiger partial charge is 0.333 e. The first-order valence-corrected chi connectivity index (χ1v) is 10.9. The summed E-state index contributed by atoms with van der Waals surface area (Å²) >= 11 is 1.79. The topological polar surface area (TPSA) is 35.9 Å². The zero-order chi connectivity index (χ0) is 18.5. The third kappa shape index (κ3) is 4.43. The lowest BCUT2D eigenvalue weighted by Gasteiger charge is -2.33. The van der Waals surface area contributed by atoms with Crippen LogP contribution < -0.4 is 4.90 Å². The van der Waals surface area contributed by atoms with Gasteiger partial charge in [-0.2, -0.15) is 0 Å². The van der Waals surface area contributed by atoms with E-state index in [-0.39, 0.29) is 12.1 Å². The molecule has 1 saturated carbocycles. The van der Waals surface area contributed by atoms with Gasteiger partial charge in [0.25, 0.3) is 0 Å². The van der Waals surface area contributed by atoms with E-state index < -0.39 is 0 Å². The summed E-state index contributed by atoms with van der Waals surface area (Å²) in [5.41, 5.74) is 2.27. The van der Waals surface area contributed by atoms with Crippen LogP contribution in [-0.2, 0) is 11.2 Å². The number of carbonyl (C=O) groups excluding carboxylic acids is 1. The lowest BCUT2D eigenvalue weighted by atomic mass is 10.1. The maximum atomic E-state index is 12.4. The number of amides is 1. The summed E-state index contributed by atoms with van der Waals surface area (Å²) in [4.78, 5) is 21.6. The van der Waals surface area contributed by atoms with Gasteiger partial charge in [0.2, 0.25) is 5.91 Å². The highest BCUT2D eigenvalue weighted by Crippen LogP contribution is 2.31. The minimum Gasteiger partial charge on any atom is -0.333 e. The van der Waals surface area contributed by atoms with Gasteiger partial charge in [-0.1, -0.05) is 56.5 Å². The second-order valence-corrected chi connectivity index (χ2v) is 8.36. The number of hydrogen-bond donors (Lipinski definition) is 0. The Balaban J connectivity index is 1.77. The molecule has 5 heteroatoms. The molecule has 142 valence electrons. The average molecular weight is 374 g/mol. The van der Waals surface area contributed by atoms with Gasteiger partial charge in [-0.05, 0) is 37.0 Å². The summed E-state index contributed by atoms with van der Waals surface area (Å²) in [7, 11) is 2.08. The van der Waals surface area contributed by atoms with Gasteiger partial charge in [-0.25, -0.2) is 0 Å². The van der Waals surface area contributed by atoms with Gasteiger partial charge < -0.3 is 4.90 Å². The number of thioether (sulfide) groups is 1. The average Bonchev–Trinajstić information content (AvgIpc) is 2.85. The molecule has 1 aliphatic carbocycles. The predicted molar refractivity (Wildman–Crippen MR) is 112 cm³/mol. The molecule has 1 aliphatic heterocycles. The number of aliphatic imine (C=N–C) groups is 1. The number of nitrogens with zero attached hydrogens (tertiary/aromatic N) is 3. The van der Waals surface area contributed by atoms with Crippen LogP contribution in [0.15, 0.2) is 29.3 Å². The van der Waals surface area contributed by atoms with E-state index in [0.29, 0.717) is 6.04 Å². The molecular weight excluding hydrogens is 342 g/mol. The first-order chi connectivity index (χ1) is 12.6. The Bertz CT molecular complexity index is 635. The number of hydrogen-bond acceptors (Lipinski definition) is 3. The van der Waals surface area contributed by atoms with Gasteiger partial charge in [-0.3, -0.25) is 14.7 Å². The van der Waals surface area contributed by atoms with E-state index in [0.717, 1.165) is 23.0 Å². The predicted octanol–water partition coefficient (Wildman–Crippen LogP) is 4.69. The molecule has 4 nitrogen and oxygen atoms in total. The van der Waals surface area contributed by atoms with Gasteiger partial charge in [0.15, 0.2) is 5.17 Å². The van der Waals surface area contributed by atoms with E-state index in [4.69, 9.17) is 4.99 Å². The summed E-state index contributed by atoms with van der Waals surface area (Å²) in [6.07, 6.45) is 8.74. The van der Waals surface area contributed by atoms with Gasteiger partial charge in [-0.15, -0.1) is 0 Å². The number of benzene rings is 1. The highest BCUT2D eigenvalue weighted by atomic mass is 32.2. The van der Waals surface area contributed by atoms with Crippen molar-refractivity contribution >= 4 is 28.5 Å². The SMILES string of the molecule is CCc1ccc(N(C(C)=O)C2CSC(=NC3CCCCCC3)N2C)cc1. The van der Waals surface area contributed by atoms with Crippen molar-refractivity contribution in [1.29, 1.82) is 0 Å². The molecule has 2 fully saturated rings. The quantitative estimate of drug-likeness (QED) is 0.719. The Kier molecular flexibility index (Phi) is 6.63. The summed E-state index contributed by atoms with van der Waals surface area (Å²) < 4.78 is 0. The highest BCUT2D eigenvalue weighted by molar-refractivity contribution is 8.14. The molecule has 0 bridgehead atoms. The Labute approximate surface area is 162 Å². The summed E-state index contributed by atoms with van der Waals surface area (Å²) in [6.45, 7) is 3.81. The van der Waals surface area contributed by atoms with Gasteiger partial charge >= 0.3 is 0 Å². The minimum atomic E-state index is 0.0366. The molecule has 0 N–H and O–H groups in total. The summed E-state index contributed by atoms with van der Waals surface area (Å²) in [5, 5.41) is 1.10. The zero-order valence-electron chi connectivity index (χ0n) is 16.3. The van der Waals surface area contributed by atoms with Crippen molar-refractivity contribution in [3.8, 4) is 0 Å². The lowest BCUT2D eigenvalue weighted by molar-refractivity contribution is -0.117. The first kappa shape index (κ1) is 19.3. The lowest BCUT2D eigenvalue weighted by Crippen LogP contribution is -2.48.